The van der Waals surface area contributed by atoms with Crippen molar-refractivity contribution in [3.63, 3.8) is 0 Å². The zero-order chi connectivity index (χ0) is 17.8. The number of nitrogens with zero attached hydrogens (tertiary/aromatic N) is 5. The predicted octanol–water partition coefficient (Wildman–Crippen LogP) is 2.48. The van der Waals surface area contributed by atoms with Crippen LogP contribution >= 0.6 is 0 Å². The molecular weight excluding hydrogens is 324 g/mol. The third-order valence-corrected chi connectivity index (χ3v) is 4.50. The summed E-state index contributed by atoms with van der Waals surface area (Å²) in [6.45, 7) is 3.17. The molecule has 1 aliphatic rings. The molecule has 0 bridgehead atoms. The number of rotatable bonds is 6. The third-order valence-electron chi connectivity index (χ3n) is 4.50. The van der Waals surface area contributed by atoms with Crippen LogP contribution in [0.15, 0.2) is 10.7 Å². The number of aromatic nitrogens is 2. The highest BCUT2D eigenvalue weighted by Crippen LogP contribution is 2.39. The lowest BCUT2D eigenvalue weighted by Gasteiger charge is -2.23. The van der Waals surface area contributed by atoms with Gasteiger partial charge in [-0.1, -0.05) is 12.8 Å². The molecule has 136 valence electrons. The molecule has 0 spiro atoms. The van der Waals surface area contributed by atoms with Gasteiger partial charge in [0, 0.05) is 26.2 Å². The molecule has 0 unspecified atom stereocenters. The Morgan fingerprint density at radius 3 is 2.56 bits per heavy atom. The quantitative estimate of drug-likeness (QED) is 0.628. The van der Waals surface area contributed by atoms with Gasteiger partial charge in [0.2, 0.25) is 5.52 Å². The fraction of sp³-hybridized carbons (Fsp3) is 0.625. The van der Waals surface area contributed by atoms with Gasteiger partial charge in [-0.3, -0.25) is 10.1 Å². The van der Waals surface area contributed by atoms with Crippen LogP contribution in [0.3, 0.4) is 0 Å². The highest BCUT2D eigenvalue weighted by atomic mass is 16.6. The molecule has 3 rings (SSSR count). The molecule has 1 saturated heterocycles. The van der Waals surface area contributed by atoms with Crippen molar-refractivity contribution in [1.29, 1.82) is 0 Å². The Bertz CT molecular complexity index is 737. The molecule has 0 amide bonds. The van der Waals surface area contributed by atoms with Crippen LogP contribution in [-0.2, 0) is 0 Å². The third kappa shape index (κ3) is 3.81. The van der Waals surface area contributed by atoms with Gasteiger partial charge in [-0.15, -0.1) is 0 Å². The number of likely N-dealkylation sites (N-methyl/N-ethyl adjacent to an activating group) is 1. The van der Waals surface area contributed by atoms with Gasteiger partial charge in [-0.2, -0.15) is 0 Å². The number of fused-ring (bicyclic) bond motifs is 1. The van der Waals surface area contributed by atoms with E-state index in [2.05, 4.69) is 25.4 Å². The van der Waals surface area contributed by atoms with E-state index in [9.17, 15) is 10.1 Å². The molecule has 2 heterocycles. The molecule has 1 aromatic heterocycles. The summed E-state index contributed by atoms with van der Waals surface area (Å²) in [4.78, 5) is 15.5. The van der Waals surface area contributed by atoms with Gasteiger partial charge in [-0.05, 0) is 43.3 Å². The fourth-order valence-corrected chi connectivity index (χ4v) is 3.20. The molecule has 1 N–H and O–H groups in total. The summed E-state index contributed by atoms with van der Waals surface area (Å²) < 4.78 is 4.82. The summed E-state index contributed by atoms with van der Waals surface area (Å²) in [5.74, 6) is 0. The maximum atomic E-state index is 11.7. The van der Waals surface area contributed by atoms with E-state index in [4.69, 9.17) is 4.63 Å². The van der Waals surface area contributed by atoms with Gasteiger partial charge in [0.15, 0.2) is 5.52 Å². The van der Waals surface area contributed by atoms with Gasteiger partial charge in [0.1, 0.15) is 5.69 Å². The molecule has 0 radical (unpaired) electrons. The van der Waals surface area contributed by atoms with E-state index in [1.165, 1.54) is 0 Å². The number of nitro benzene ring substituents is 1. The van der Waals surface area contributed by atoms with E-state index in [1.807, 2.05) is 20.2 Å². The van der Waals surface area contributed by atoms with Crippen molar-refractivity contribution >= 4 is 28.1 Å². The van der Waals surface area contributed by atoms with Crippen LogP contribution in [0.1, 0.15) is 25.7 Å². The summed E-state index contributed by atoms with van der Waals surface area (Å²) in [5.41, 5.74) is 1.92. The SMILES string of the molecule is CN(C)CCNc1cc(N2CCCCCC2)c([N+](=O)[O-])c2nonc12. The fourth-order valence-electron chi connectivity index (χ4n) is 3.20. The zero-order valence-electron chi connectivity index (χ0n) is 14.7. The van der Waals surface area contributed by atoms with Gasteiger partial charge in [0.25, 0.3) is 0 Å². The molecule has 2 aromatic rings. The first-order valence-electron chi connectivity index (χ1n) is 8.65. The van der Waals surface area contributed by atoms with E-state index in [0.717, 1.165) is 51.0 Å². The van der Waals surface area contributed by atoms with Crippen molar-refractivity contribution in [3.8, 4) is 0 Å². The van der Waals surface area contributed by atoms with Crippen LogP contribution in [0.2, 0.25) is 0 Å². The van der Waals surface area contributed by atoms with E-state index < -0.39 is 0 Å². The summed E-state index contributed by atoms with van der Waals surface area (Å²) in [6.07, 6.45) is 4.39. The van der Waals surface area contributed by atoms with E-state index >= 15 is 0 Å². The monoisotopic (exact) mass is 348 g/mol. The summed E-state index contributed by atoms with van der Waals surface area (Å²) in [6, 6.07) is 1.83. The Hall–Kier alpha value is -2.42. The van der Waals surface area contributed by atoms with Crippen LogP contribution in [0.4, 0.5) is 17.1 Å². The van der Waals surface area contributed by atoms with Crippen LogP contribution in [0.25, 0.3) is 11.0 Å². The van der Waals surface area contributed by atoms with Crippen LogP contribution < -0.4 is 10.2 Å². The second-order valence-electron chi connectivity index (χ2n) is 6.64. The van der Waals surface area contributed by atoms with Crippen LogP contribution in [-0.4, -0.2) is 60.4 Å². The molecule has 0 atom stereocenters. The Morgan fingerprint density at radius 1 is 1.24 bits per heavy atom. The van der Waals surface area contributed by atoms with Crippen molar-refractivity contribution in [2.24, 2.45) is 0 Å². The molecule has 9 nitrogen and oxygen atoms in total. The van der Waals surface area contributed by atoms with Crippen molar-refractivity contribution in [2.45, 2.75) is 25.7 Å². The molecule has 1 fully saturated rings. The first kappa shape index (κ1) is 17.4. The number of hydrogen-bond acceptors (Lipinski definition) is 8. The van der Waals surface area contributed by atoms with E-state index in [1.54, 1.807) is 0 Å². The average molecular weight is 348 g/mol. The smallest absolute Gasteiger partial charge is 0.323 e. The minimum atomic E-state index is -0.379. The van der Waals surface area contributed by atoms with Crippen molar-refractivity contribution in [3.05, 3.63) is 16.2 Å². The maximum absolute atomic E-state index is 11.7. The van der Waals surface area contributed by atoms with Crippen molar-refractivity contribution in [2.75, 3.05) is 50.5 Å². The van der Waals surface area contributed by atoms with Gasteiger partial charge >= 0.3 is 5.69 Å². The highest BCUT2D eigenvalue weighted by molar-refractivity contribution is 5.99. The Balaban J connectivity index is 2.03. The minimum absolute atomic E-state index is 0.0173. The molecule has 9 heteroatoms. The molecule has 0 saturated carbocycles. The number of hydrogen-bond donors (Lipinski definition) is 1. The zero-order valence-corrected chi connectivity index (χ0v) is 14.7. The molecular formula is C16H24N6O3. The second-order valence-corrected chi connectivity index (χ2v) is 6.64. The molecule has 1 aromatic carbocycles. The van der Waals surface area contributed by atoms with Crippen molar-refractivity contribution in [1.82, 2.24) is 15.2 Å². The lowest BCUT2D eigenvalue weighted by Crippen LogP contribution is -2.25. The molecule has 0 aliphatic carbocycles. The summed E-state index contributed by atoms with van der Waals surface area (Å²) in [5, 5.41) is 22.7. The largest absolute Gasteiger partial charge is 0.382 e. The topological polar surface area (TPSA) is 101 Å². The predicted molar refractivity (Wildman–Crippen MR) is 96.2 cm³/mol. The Kier molecular flexibility index (Phi) is 5.32. The van der Waals surface area contributed by atoms with Crippen molar-refractivity contribution < 1.29 is 9.55 Å². The van der Waals surface area contributed by atoms with Gasteiger partial charge in [-0.25, -0.2) is 4.63 Å². The molecule has 25 heavy (non-hydrogen) atoms. The number of anilines is 2. The Labute approximate surface area is 146 Å². The first-order chi connectivity index (χ1) is 12.1. The lowest BCUT2D eigenvalue weighted by molar-refractivity contribution is -0.382. The average Bonchev–Trinajstić information content (AvgIpc) is 2.88. The summed E-state index contributed by atoms with van der Waals surface area (Å²) in [7, 11) is 3.99. The second kappa shape index (κ2) is 7.64. The minimum Gasteiger partial charge on any atom is -0.382 e. The lowest BCUT2D eigenvalue weighted by atomic mass is 10.1. The number of benzene rings is 1. The highest BCUT2D eigenvalue weighted by Gasteiger charge is 2.29. The van der Waals surface area contributed by atoms with Crippen LogP contribution in [0, 0.1) is 10.1 Å². The normalized spacial score (nSPS) is 15.6. The van der Waals surface area contributed by atoms with Gasteiger partial charge in [0.05, 0.1) is 10.6 Å². The van der Waals surface area contributed by atoms with E-state index in [0.29, 0.717) is 17.7 Å². The first-order valence-corrected chi connectivity index (χ1v) is 8.65. The van der Waals surface area contributed by atoms with E-state index in [-0.39, 0.29) is 16.1 Å². The number of nitro groups is 1. The summed E-state index contributed by atoms with van der Waals surface area (Å²) >= 11 is 0. The van der Waals surface area contributed by atoms with Crippen LogP contribution in [0.5, 0.6) is 0 Å². The Morgan fingerprint density at radius 2 is 1.92 bits per heavy atom. The standard InChI is InChI=1S/C16H24N6O3/c1-20(2)10-7-17-12-11-13(21-8-5-3-4-6-9-21)16(22(23)24)15-14(12)18-25-19-15/h11,17H,3-10H2,1-2H3. The number of nitrogens with one attached hydrogen (secondary N) is 1. The molecule has 1 aliphatic heterocycles. The van der Waals surface area contributed by atoms with Gasteiger partial charge < -0.3 is 15.1 Å². The maximum Gasteiger partial charge on any atom is 0.323 e.